The molecule has 3 nitrogen and oxygen atoms in total. The molecular formula is C20H23FN2O. The lowest BCUT2D eigenvalue weighted by Crippen LogP contribution is -2.34. The maximum atomic E-state index is 12.9. The van der Waals surface area contributed by atoms with E-state index in [-0.39, 0.29) is 11.7 Å². The van der Waals surface area contributed by atoms with Crippen LogP contribution in [0.15, 0.2) is 54.6 Å². The Hall–Kier alpha value is -2.36. The number of rotatable bonds is 5. The van der Waals surface area contributed by atoms with E-state index in [1.807, 2.05) is 18.0 Å². The minimum absolute atomic E-state index is 0.0831. The monoisotopic (exact) mass is 326 g/mol. The number of anilines is 1. The Morgan fingerprint density at radius 1 is 1.17 bits per heavy atom. The van der Waals surface area contributed by atoms with Crippen molar-refractivity contribution in [2.45, 2.75) is 12.8 Å². The highest BCUT2D eigenvalue weighted by atomic mass is 19.1. The summed E-state index contributed by atoms with van der Waals surface area (Å²) >= 11 is 0. The van der Waals surface area contributed by atoms with Gasteiger partial charge in [-0.05, 0) is 42.2 Å². The molecule has 2 aromatic carbocycles. The SMILES string of the molecule is CN(C[C@@H]1CCN(c2ccccc2)C1)C(=O)Cc1ccc(F)cc1. The fourth-order valence-corrected chi connectivity index (χ4v) is 3.26. The molecule has 0 unspecified atom stereocenters. The van der Waals surface area contributed by atoms with Crippen LogP contribution in [0.3, 0.4) is 0 Å². The second-order valence-electron chi connectivity index (χ2n) is 6.51. The molecule has 0 radical (unpaired) electrons. The highest BCUT2D eigenvalue weighted by Crippen LogP contribution is 2.24. The first kappa shape index (κ1) is 16.5. The van der Waals surface area contributed by atoms with Gasteiger partial charge in [-0.25, -0.2) is 4.39 Å². The Balaban J connectivity index is 1.50. The van der Waals surface area contributed by atoms with Crippen LogP contribution in [-0.2, 0) is 11.2 Å². The third kappa shape index (κ3) is 4.13. The normalized spacial score (nSPS) is 17.1. The molecule has 2 aromatic rings. The quantitative estimate of drug-likeness (QED) is 0.841. The van der Waals surface area contributed by atoms with Crippen molar-refractivity contribution < 1.29 is 9.18 Å². The van der Waals surface area contributed by atoms with Crippen molar-refractivity contribution in [2.24, 2.45) is 5.92 Å². The minimum atomic E-state index is -0.272. The summed E-state index contributed by atoms with van der Waals surface area (Å²) in [7, 11) is 1.86. The maximum Gasteiger partial charge on any atom is 0.226 e. The lowest BCUT2D eigenvalue weighted by molar-refractivity contribution is -0.129. The number of para-hydroxylation sites is 1. The molecular weight excluding hydrogens is 303 g/mol. The maximum absolute atomic E-state index is 12.9. The van der Waals surface area contributed by atoms with Crippen molar-refractivity contribution >= 4 is 11.6 Å². The highest BCUT2D eigenvalue weighted by Gasteiger charge is 2.25. The van der Waals surface area contributed by atoms with Gasteiger partial charge in [0.05, 0.1) is 6.42 Å². The number of hydrogen-bond donors (Lipinski definition) is 0. The molecule has 0 bridgehead atoms. The number of benzene rings is 2. The van der Waals surface area contributed by atoms with E-state index in [0.29, 0.717) is 12.3 Å². The van der Waals surface area contributed by atoms with Gasteiger partial charge in [0.2, 0.25) is 5.91 Å². The summed E-state index contributed by atoms with van der Waals surface area (Å²) in [5.41, 5.74) is 2.10. The van der Waals surface area contributed by atoms with Gasteiger partial charge in [0, 0.05) is 32.4 Å². The lowest BCUT2D eigenvalue weighted by Gasteiger charge is -2.22. The van der Waals surface area contributed by atoms with Gasteiger partial charge in [-0.15, -0.1) is 0 Å². The van der Waals surface area contributed by atoms with E-state index in [1.165, 1.54) is 17.8 Å². The van der Waals surface area contributed by atoms with E-state index in [0.717, 1.165) is 31.6 Å². The molecule has 1 heterocycles. The van der Waals surface area contributed by atoms with Crippen LogP contribution in [0.1, 0.15) is 12.0 Å². The number of carbonyl (C=O) groups is 1. The van der Waals surface area contributed by atoms with Crippen LogP contribution in [0.5, 0.6) is 0 Å². The Kier molecular flexibility index (Phi) is 5.14. The molecule has 4 heteroatoms. The molecule has 1 aliphatic rings. The molecule has 24 heavy (non-hydrogen) atoms. The van der Waals surface area contributed by atoms with Crippen molar-refractivity contribution in [1.29, 1.82) is 0 Å². The van der Waals surface area contributed by atoms with E-state index in [4.69, 9.17) is 0 Å². The van der Waals surface area contributed by atoms with Crippen molar-refractivity contribution in [2.75, 3.05) is 31.6 Å². The van der Waals surface area contributed by atoms with Gasteiger partial charge in [0.15, 0.2) is 0 Å². The van der Waals surface area contributed by atoms with Crippen LogP contribution in [-0.4, -0.2) is 37.5 Å². The third-order valence-corrected chi connectivity index (χ3v) is 4.63. The standard InChI is InChI=1S/C20H23FN2O/c1-22(20(24)13-16-7-9-18(21)10-8-16)14-17-11-12-23(15-17)19-5-3-2-4-6-19/h2-10,17H,11-15H2,1H3/t17-/m0/s1. The largest absolute Gasteiger partial charge is 0.371 e. The average molecular weight is 326 g/mol. The molecule has 1 fully saturated rings. The van der Waals surface area contributed by atoms with Crippen LogP contribution >= 0.6 is 0 Å². The van der Waals surface area contributed by atoms with Crippen LogP contribution in [0, 0.1) is 11.7 Å². The molecule has 1 atom stereocenters. The summed E-state index contributed by atoms with van der Waals surface area (Å²) in [4.78, 5) is 16.5. The van der Waals surface area contributed by atoms with Gasteiger partial charge in [-0.2, -0.15) is 0 Å². The van der Waals surface area contributed by atoms with E-state index in [9.17, 15) is 9.18 Å². The third-order valence-electron chi connectivity index (χ3n) is 4.63. The van der Waals surface area contributed by atoms with Gasteiger partial charge in [-0.1, -0.05) is 30.3 Å². The summed E-state index contributed by atoms with van der Waals surface area (Å²) in [5.74, 6) is 0.304. The molecule has 126 valence electrons. The molecule has 0 saturated carbocycles. The number of hydrogen-bond acceptors (Lipinski definition) is 2. The van der Waals surface area contributed by atoms with Gasteiger partial charge in [0.25, 0.3) is 0 Å². The number of likely N-dealkylation sites (N-methyl/N-ethyl adjacent to an activating group) is 1. The second-order valence-corrected chi connectivity index (χ2v) is 6.51. The van der Waals surface area contributed by atoms with E-state index < -0.39 is 0 Å². The Morgan fingerprint density at radius 3 is 2.58 bits per heavy atom. The van der Waals surface area contributed by atoms with Crippen LogP contribution < -0.4 is 4.90 Å². The molecule has 0 aromatic heterocycles. The first-order valence-corrected chi connectivity index (χ1v) is 8.40. The summed E-state index contributed by atoms with van der Waals surface area (Å²) in [5, 5.41) is 0. The zero-order valence-electron chi connectivity index (χ0n) is 14.0. The molecule has 1 aliphatic heterocycles. The molecule has 1 saturated heterocycles. The summed E-state index contributed by atoms with van der Waals surface area (Å²) in [6.45, 7) is 2.79. The van der Waals surface area contributed by atoms with Crippen molar-refractivity contribution in [3.8, 4) is 0 Å². The number of nitrogens with zero attached hydrogens (tertiary/aromatic N) is 2. The predicted molar refractivity (Wildman–Crippen MR) is 94.5 cm³/mol. The number of amides is 1. The van der Waals surface area contributed by atoms with Crippen LogP contribution in [0.4, 0.5) is 10.1 Å². The van der Waals surface area contributed by atoms with Crippen molar-refractivity contribution in [3.63, 3.8) is 0 Å². The fraction of sp³-hybridized carbons (Fsp3) is 0.350. The number of halogens is 1. The summed E-state index contributed by atoms with van der Waals surface area (Å²) in [6.07, 6.45) is 1.43. The first-order valence-electron chi connectivity index (χ1n) is 8.40. The van der Waals surface area contributed by atoms with E-state index in [2.05, 4.69) is 29.2 Å². The van der Waals surface area contributed by atoms with E-state index >= 15 is 0 Å². The molecule has 0 N–H and O–H groups in total. The molecule has 3 rings (SSSR count). The first-order chi connectivity index (χ1) is 11.6. The Labute approximate surface area is 142 Å². The summed E-state index contributed by atoms with van der Waals surface area (Å²) < 4.78 is 12.9. The molecule has 0 aliphatic carbocycles. The summed E-state index contributed by atoms with van der Waals surface area (Å²) in [6, 6.07) is 16.6. The fourth-order valence-electron chi connectivity index (χ4n) is 3.26. The zero-order valence-corrected chi connectivity index (χ0v) is 14.0. The smallest absolute Gasteiger partial charge is 0.226 e. The predicted octanol–water partition coefficient (Wildman–Crippen LogP) is 3.35. The Morgan fingerprint density at radius 2 is 1.88 bits per heavy atom. The van der Waals surface area contributed by atoms with Crippen molar-refractivity contribution in [1.82, 2.24) is 4.90 Å². The second kappa shape index (κ2) is 7.47. The molecule has 1 amide bonds. The number of carbonyl (C=O) groups excluding carboxylic acids is 1. The minimum Gasteiger partial charge on any atom is -0.371 e. The zero-order chi connectivity index (χ0) is 16.9. The topological polar surface area (TPSA) is 23.6 Å². The lowest BCUT2D eigenvalue weighted by atomic mass is 10.1. The van der Waals surface area contributed by atoms with Gasteiger partial charge in [-0.3, -0.25) is 4.79 Å². The van der Waals surface area contributed by atoms with Gasteiger partial charge in [0.1, 0.15) is 5.82 Å². The highest BCUT2D eigenvalue weighted by molar-refractivity contribution is 5.78. The van der Waals surface area contributed by atoms with Crippen LogP contribution in [0.25, 0.3) is 0 Å². The molecule has 0 spiro atoms. The van der Waals surface area contributed by atoms with Crippen LogP contribution in [0.2, 0.25) is 0 Å². The van der Waals surface area contributed by atoms with Gasteiger partial charge < -0.3 is 9.80 Å². The van der Waals surface area contributed by atoms with Crippen molar-refractivity contribution in [3.05, 3.63) is 66.0 Å². The van der Waals surface area contributed by atoms with E-state index in [1.54, 1.807) is 12.1 Å². The van der Waals surface area contributed by atoms with Gasteiger partial charge >= 0.3 is 0 Å². The Bertz CT molecular complexity index is 672. The average Bonchev–Trinajstić information content (AvgIpc) is 3.06.